The van der Waals surface area contributed by atoms with Crippen LogP contribution in [0.4, 0.5) is 5.69 Å². The first-order valence-corrected chi connectivity index (χ1v) is 14.4. The van der Waals surface area contributed by atoms with Gasteiger partial charge in [0.2, 0.25) is 5.71 Å². The molecule has 0 spiro atoms. The number of anilines is 1. The molecule has 6 aromatic rings. The van der Waals surface area contributed by atoms with Gasteiger partial charge in [0.15, 0.2) is 0 Å². The van der Waals surface area contributed by atoms with Crippen molar-refractivity contribution in [2.24, 2.45) is 0 Å². The minimum absolute atomic E-state index is 0. The first-order valence-electron chi connectivity index (χ1n) is 14.4. The summed E-state index contributed by atoms with van der Waals surface area (Å²) in [4.78, 5) is 12.9. The molecule has 7 heteroatoms. The van der Waals surface area contributed by atoms with E-state index in [1.165, 1.54) is 0 Å². The Morgan fingerprint density at radius 3 is 2.27 bits per heavy atom. The number of nitrogens with zero attached hydrogens (tertiary/aromatic N) is 5. The largest absolute Gasteiger partial charge is 0.511 e. The van der Waals surface area contributed by atoms with Crippen molar-refractivity contribution in [2.45, 2.75) is 6.92 Å². The number of furan rings is 1. The van der Waals surface area contributed by atoms with E-state index in [1.807, 2.05) is 116 Å². The molecule has 227 valence electrons. The fourth-order valence-corrected chi connectivity index (χ4v) is 5.19. The molecular formula is C38H29IrN5O-6. The number of para-hydroxylation sites is 1. The molecule has 0 unspecified atom stereocenters. The molecule has 2 aromatic heterocycles. The molecule has 4 aromatic carbocycles. The van der Waals surface area contributed by atoms with Gasteiger partial charge in [0.25, 0.3) is 0 Å². The van der Waals surface area contributed by atoms with E-state index >= 15 is 0 Å². The van der Waals surface area contributed by atoms with Gasteiger partial charge in [0.1, 0.15) is 0 Å². The van der Waals surface area contributed by atoms with Crippen LogP contribution in [-0.4, -0.2) is 33.4 Å². The Hall–Kier alpha value is -4.84. The van der Waals surface area contributed by atoms with Crippen LogP contribution in [0.1, 0.15) is 5.69 Å². The Labute approximate surface area is 277 Å². The third-order valence-corrected chi connectivity index (χ3v) is 7.31. The monoisotopic (exact) mass is 764 g/mol. The minimum atomic E-state index is 0. The van der Waals surface area contributed by atoms with Crippen LogP contribution in [-0.2, 0) is 20.1 Å². The molecule has 0 aliphatic carbocycles. The van der Waals surface area contributed by atoms with Crippen LogP contribution in [0.3, 0.4) is 0 Å². The van der Waals surface area contributed by atoms with Crippen LogP contribution < -0.4 is 4.90 Å². The molecule has 0 amide bonds. The average Bonchev–Trinajstić information content (AvgIpc) is 3.80. The van der Waals surface area contributed by atoms with E-state index in [1.54, 1.807) is 0 Å². The zero-order valence-corrected chi connectivity index (χ0v) is 27.2. The van der Waals surface area contributed by atoms with Gasteiger partial charge in [-0.25, -0.2) is 27.7 Å². The van der Waals surface area contributed by atoms with Crippen molar-refractivity contribution in [3.8, 4) is 22.3 Å². The zero-order valence-electron chi connectivity index (χ0n) is 24.8. The zero-order chi connectivity index (χ0) is 29.9. The van der Waals surface area contributed by atoms with Crippen molar-refractivity contribution < 1.29 is 24.5 Å². The molecule has 2 aliphatic heterocycles. The van der Waals surface area contributed by atoms with E-state index in [2.05, 4.69) is 75.8 Å². The van der Waals surface area contributed by atoms with Gasteiger partial charge in [-0.05, 0) is 50.9 Å². The van der Waals surface area contributed by atoms with E-state index in [0.29, 0.717) is 5.71 Å². The summed E-state index contributed by atoms with van der Waals surface area (Å²) in [6, 6.07) is 43.3. The minimum Gasteiger partial charge on any atom is -0.511 e. The molecule has 0 bridgehead atoms. The van der Waals surface area contributed by atoms with Gasteiger partial charge in [0.05, 0.1) is 0 Å². The Bertz CT molecular complexity index is 1950. The van der Waals surface area contributed by atoms with Crippen molar-refractivity contribution >= 4 is 27.8 Å². The first kappa shape index (κ1) is 30.2. The molecule has 0 N–H and O–H groups in total. The van der Waals surface area contributed by atoms with E-state index in [-0.39, 0.29) is 20.1 Å². The standard InChI is InChI=1S/C24H14NO.C14H15N4.Ir/c1-16-13-14-22-21-12-6-11-20(23(21)26-24(22)25-16)19-10-5-9-18(15-19)17-7-3-2-4-8-17;1-15-7-8-16(11-15)12-17-9-10-18(13-17)14-5-3-2-4-6-14;/h2-7,9-10,12-14H,1H3;2-5,7-11,13H,12H2,1H3;/q2*-3;. The second kappa shape index (κ2) is 13.4. The Balaban J connectivity index is 0.000000166. The topological polar surface area (TPSA) is 39.0 Å². The summed E-state index contributed by atoms with van der Waals surface area (Å²) >= 11 is 0. The van der Waals surface area contributed by atoms with E-state index < -0.39 is 0 Å². The Kier molecular flexibility index (Phi) is 9.01. The van der Waals surface area contributed by atoms with Crippen LogP contribution >= 0.6 is 0 Å². The molecule has 0 atom stereocenters. The van der Waals surface area contributed by atoms with Crippen molar-refractivity contribution in [3.63, 3.8) is 0 Å². The number of rotatable bonds is 5. The predicted molar refractivity (Wildman–Crippen MR) is 175 cm³/mol. The van der Waals surface area contributed by atoms with Gasteiger partial charge in [-0.2, -0.15) is 97.8 Å². The van der Waals surface area contributed by atoms with Crippen molar-refractivity contribution in [1.82, 2.24) is 19.7 Å². The molecule has 0 fully saturated rings. The van der Waals surface area contributed by atoms with Gasteiger partial charge in [-0.3, -0.25) is 0 Å². The number of pyridine rings is 1. The molecule has 45 heavy (non-hydrogen) atoms. The summed E-state index contributed by atoms with van der Waals surface area (Å²) < 4.78 is 6.09. The number of benzene rings is 4. The van der Waals surface area contributed by atoms with Gasteiger partial charge in [-0.15, -0.1) is 23.9 Å². The van der Waals surface area contributed by atoms with Crippen LogP contribution in [0.5, 0.6) is 0 Å². The van der Waals surface area contributed by atoms with Crippen LogP contribution in [0, 0.1) is 44.5 Å². The maximum Gasteiger partial charge on any atom is 0.215 e. The number of aromatic nitrogens is 1. The summed E-state index contributed by atoms with van der Waals surface area (Å²) in [6.07, 6.45) is 8.18. The van der Waals surface area contributed by atoms with E-state index in [4.69, 9.17) is 4.42 Å². The normalized spacial score (nSPS) is 13.8. The molecule has 1 radical (unpaired) electrons. The number of hydrogen-bond donors (Lipinski definition) is 0. The fraction of sp³-hybridized carbons (Fsp3) is 0.0789. The maximum atomic E-state index is 6.09. The average molecular weight is 764 g/mol. The predicted octanol–water partition coefficient (Wildman–Crippen LogP) is 8.02. The van der Waals surface area contributed by atoms with Gasteiger partial charge < -0.3 is 24.0 Å². The van der Waals surface area contributed by atoms with Crippen LogP contribution in [0.15, 0.2) is 120 Å². The smallest absolute Gasteiger partial charge is 0.215 e. The number of aryl methyl sites for hydroxylation is 1. The van der Waals surface area contributed by atoms with Crippen LogP contribution in [0.25, 0.3) is 44.3 Å². The van der Waals surface area contributed by atoms with Crippen molar-refractivity contribution in [2.75, 3.05) is 18.6 Å². The molecule has 2 aliphatic rings. The Morgan fingerprint density at radius 1 is 0.711 bits per heavy atom. The third kappa shape index (κ3) is 6.65. The molecule has 0 saturated carbocycles. The Morgan fingerprint density at radius 2 is 1.49 bits per heavy atom. The first-order chi connectivity index (χ1) is 21.6. The van der Waals surface area contributed by atoms with Gasteiger partial charge in [0, 0.05) is 43.4 Å². The fourth-order valence-electron chi connectivity index (χ4n) is 5.19. The van der Waals surface area contributed by atoms with E-state index in [0.717, 1.165) is 56.7 Å². The molecule has 4 heterocycles. The third-order valence-electron chi connectivity index (χ3n) is 7.31. The summed E-state index contributed by atoms with van der Waals surface area (Å²) in [6.45, 7) is 6.89. The number of hydrogen-bond acceptors (Lipinski definition) is 6. The SMILES string of the molecule is CN1C=CN(CN2C=CN(c3[c-]cccc3)[CH-]2)[CH-]1.Cc1ccc2c(n1)oc1c(-c3[c-]c(-c4[c-]cccc4)ccc3)[c-]ccc12.[Ir]. The van der Waals surface area contributed by atoms with Gasteiger partial charge >= 0.3 is 0 Å². The molecule has 0 saturated heterocycles. The number of fused-ring (bicyclic) bond motifs is 3. The maximum absolute atomic E-state index is 6.09. The second-order valence-electron chi connectivity index (χ2n) is 10.6. The van der Waals surface area contributed by atoms with Gasteiger partial charge in [-0.1, -0.05) is 5.39 Å². The summed E-state index contributed by atoms with van der Waals surface area (Å²) in [5.74, 6) is 0. The van der Waals surface area contributed by atoms with Crippen LogP contribution in [0.2, 0.25) is 0 Å². The second-order valence-corrected chi connectivity index (χ2v) is 10.6. The summed E-state index contributed by atoms with van der Waals surface area (Å²) in [5, 5.41) is 2.07. The molecule has 6 nitrogen and oxygen atoms in total. The molecular weight excluding hydrogens is 735 g/mol. The molecule has 8 rings (SSSR count). The van der Waals surface area contributed by atoms with E-state index in [9.17, 15) is 0 Å². The summed E-state index contributed by atoms with van der Waals surface area (Å²) in [7, 11) is 2.02. The van der Waals surface area contributed by atoms with Crippen molar-refractivity contribution in [3.05, 3.63) is 159 Å². The summed E-state index contributed by atoms with van der Waals surface area (Å²) in [5.41, 5.74) is 7.31. The van der Waals surface area contributed by atoms with Crippen molar-refractivity contribution in [1.29, 1.82) is 0 Å². The quantitative estimate of drug-likeness (QED) is 0.166.